The number of ether oxygens (including phenoxy) is 2. The van der Waals surface area contributed by atoms with Crippen molar-refractivity contribution in [2.75, 3.05) is 25.1 Å². The lowest BCUT2D eigenvalue weighted by molar-refractivity contribution is -0.133. The second kappa shape index (κ2) is 8.12. The first-order chi connectivity index (χ1) is 16.0. The number of hydrogen-bond donors (Lipinski definition) is 2. The molecule has 168 valence electrons. The van der Waals surface area contributed by atoms with E-state index in [1.807, 2.05) is 36.4 Å². The van der Waals surface area contributed by atoms with Gasteiger partial charge in [0.15, 0.2) is 11.5 Å². The van der Waals surface area contributed by atoms with Gasteiger partial charge in [0.05, 0.1) is 13.2 Å². The van der Waals surface area contributed by atoms with Crippen LogP contribution in [0, 0.1) is 0 Å². The van der Waals surface area contributed by atoms with E-state index in [2.05, 4.69) is 10.6 Å². The highest BCUT2D eigenvalue weighted by Gasteiger charge is 2.49. The van der Waals surface area contributed by atoms with Crippen LogP contribution >= 0.6 is 0 Å². The van der Waals surface area contributed by atoms with Gasteiger partial charge in [-0.05, 0) is 36.1 Å². The zero-order valence-electron chi connectivity index (χ0n) is 18.1. The number of hydrogen-bond acceptors (Lipinski definition) is 5. The summed E-state index contributed by atoms with van der Waals surface area (Å²) in [6.45, 7) is 2.29. The molecule has 2 aliphatic rings. The zero-order chi connectivity index (χ0) is 23.0. The van der Waals surface area contributed by atoms with Crippen LogP contribution in [-0.2, 0) is 15.1 Å². The smallest absolute Gasteiger partial charge is 0.325 e. The molecule has 8 heteroatoms. The van der Waals surface area contributed by atoms with E-state index < -0.39 is 29.9 Å². The molecule has 0 aromatic heterocycles. The summed E-state index contributed by atoms with van der Waals surface area (Å²) in [5.41, 5.74) is -0.139. The molecule has 2 heterocycles. The summed E-state index contributed by atoms with van der Waals surface area (Å²) in [6.07, 6.45) is 0.760. The molecule has 2 aliphatic heterocycles. The van der Waals surface area contributed by atoms with Gasteiger partial charge in [-0.2, -0.15) is 0 Å². The Hall–Kier alpha value is -4.07. The van der Waals surface area contributed by atoms with Crippen molar-refractivity contribution >= 4 is 34.3 Å². The first-order valence-electron chi connectivity index (χ1n) is 10.8. The highest BCUT2D eigenvalue weighted by molar-refractivity contribution is 6.11. The number of fused-ring (bicyclic) bond motifs is 2. The first kappa shape index (κ1) is 20.8. The maximum Gasteiger partial charge on any atom is 0.325 e. The molecule has 3 aromatic carbocycles. The maximum absolute atomic E-state index is 13.3. The summed E-state index contributed by atoms with van der Waals surface area (Å²) in [6, 6.07) is 17.8. The van der Waals surface area contributed by atoms with Crippen molar-refractivity contribution in [2.45, 2.75) is 18.9 Å². The van der Waals surface area contributed by atoms with Crippen molar-refractivity contribution in [3.8, 4) is 11.5 Å². The Labute approximate surface area is 190 Å². The van der Waals surface area contributed by atoms with Gasteiger partial charge in [-0.25, -0.2) is 4.79 Å². The van der Waals surface area contributed by atoms with Crippen molar-refractivity contribution in [1.82, 2.24) is 10.2 Å². The summed E-state index contributed by atoms with van der Waals surface area (Å²) in [7, 11) is 0. The maximum atomic E-state index is 13.3. The predicted octanol–water partition coefficient (Wildman–Crippen LogP) is 3.41. The van der Waals surface area contributed by atoms with Crippen LogP contribution in [0.25, 0.3) is 10.8 Å². The van der Waals surface area contributed by atoms with Gasteiger partial charge in [-0.1, -0.05) is 42.5 Å². The molecule has 0 saturated carbocycles. The molecule has 1 fully saturated rings. The third kappa shape index (κ3) is 3.73. The van der Waals surface area contributed by atoms with E-state index in [1.54, 1.807) is 31.2 Å². The summed E-state index contributed by atoms with van der Waals surface area (Å²) in [5, 5.41) is 7.40. The molecule has 0 radical (unpaired) electrons. The molecule has 0 unspecified atom stereocenters. The molecule has 8 nitrogen and oxygen atoms in total. The zero-order valence-corrected chi connectivity index (χ0v) is 18.1. The van der Waals surface area contributed by atoms with Gasteiger partial charge >= 0.3 is 6.03 Å². The number of rotatable bonds is 4. The van der Waals surface area contributed by atoms with E-state index in [9.17, 15) is 14.4 Å². The average Bonchev–Trinajstić information content (AvgIpc) is 2.98. The molecule has 5 rings (SSSR count). The van der Waals surface area contributed by atoms with Gasteiger partial charge < -0.3 is 20.1 Å². The van der Waals surface area contributed by atoms with Crippen molar-refractivity contribution in [2.24, 2.45) is 0 Å². The van der Waals surface area contributed by atoms with E-state index in [0.29, 0.717) is 36.0 Å². The molecular formula is C25H23N3O5. The Morgan fingerprint density at radius 2 is 1.79 bits per heavy atom. The SMILES string of the molecule is C[C@@]1(c2ccc3c(c2)OCCCO3)NC(=O)N(CC(=O)Nc2cccc3ccccc23)C1=O. The van der Waals surface area contributed by atoms with E-state index in [-0.39, 0.29) is 0 Å². The third-order valence-electron chi connectivity index (χ3n) is 5.97. The van der Waals surface area contributed by atoms with Crippen LogP contribution in [0.4, 0.5) is 10.5 Å². The Morgan fingerprint density at radius 1 is 1.03 bits per heavy atom. The molecule has 33 heavy (non-hydrogen) atoms. The Morgan fingerprint density at radius 3 is 2.64 bits per heavy atom. The van der Waals surface area contributed by atoms with Gasteiger partial charge in [0.1, 0.15) is 12.1 Å². The van der Waals surface area contributed by atoms with Gasteiger partial charge in [0.25, 0.3) is 5.91 Å². The summed E-state index contributed by atoms with van der Waals surface area (Å²) < 4.78 is 11.4. The van der Waals surface area contributed by atoms with E-state index in [0.717, 1.165) is 22.1 Å². The fourth-order valence-electron chi connectivity index (χ4n) is 4.18. The van der Waals surface area contributed by atoms with Crippen LogP contribution in [0.15, 0.2) is 60.7 Å². The van der Waals surface area contributed by atoms with Crippen molar-refractivity contribution in [3.63, 3.8) is 0 Å². The van der Waals surface area contributed by atoms with E-state index in [1.165, 1.54) is 0 Å². The fraction of sp³-hybridized carbons (Fsp3) is 0.240. The highest BCUT2D eigenvalue weighted by atomic mass is 16.5. The Bertz CT molecular complexity index is 1270. The van der Waals surface area contributed by atoms with Crippen molar-refractivity contribution < 1.29 is 23.9 Å². The van der Waals surface area contributed by atoms with Gasteiger partial charge in [0.2, 0.25) is 5.91 Å². The monoisotopic (exact) mass is 445 g/mol. The summed E-state index contributed by atoms with van der Waals surface area (Å²) >= 11 is 0. The lowest BCUT2D eigenvalue weighted by Gasteiger charge is -2.23. The number of anilines is 1. The molecule has 1 saturated heterocycles. The minimum atomic E-state index is -1.32. The minimum Gasteiger partial charge on any atom is -0.490 e. The molecule has 1 atom stereocenters. The van der Waals surface area contributed by atoms with E-state index >= 15 is 0 Å². The molecule has 0 aliphatic carbocycles. The number of urea groups is 1. The van der Waals surface area contributed by atoms with Crippen LogP contribution in [0.3, 0.4) is 0 Å². The van der Waals surface area contributed by atoms with Crippen molar-refractivity contribution in [3.05, 3.63) is 66.2 Å². The van der Waals surface area contributed by atoms with Crippen LogP contribution in [0.5, 0.6) is 11.5 Å². The lowest BCUT2D eigenvalue weighted by atomic mass is 9.91. The Balaban J connectivity index is 1.35. The second-order valence-electron chi connectivity index (χ2n) is 8.23. The van der Waals surface area contributed by atoms with Crippen molar-refractivity contribution in [1.29, 1.82) is 0 Å². The standard InChI is InChI=1S/C25H23N3O5/c1-25(17-10-11-20-21(14-17)33-13-5-12-32-20)23(30)28(24(31)27-25)15-22(29)26-19-9-4-7-16-6-2-3-8-18(16)19/h2-4,6-11,14H,5,12-13,15H2,1H3,(H,26,29)(H,27,31)/t25-/m0/s1. The molecule has 4 amide bonds. The van der Waals surface area contributed by atoms with Crippen LogP contribution in [-0.4, -0.2) is 42.5 Å². The van der Waals surface area contributed by atoms with Gasteiger partial charge in [-0.3, -0.25) is 14.5 Å². The number of amides is 4. The molecule has 3 aromatic rings. The summed E-state index contributed by atoms with van der Waals surface area (Å²) in [5.74, 6) is 0.163. The number of imide groups is 1. The topological polar surface area (TPSA) is 97.0 Å². The second-order valence-corrected chi connectivity index (χ2v) is 8.23. The van der Waals surface area contributed by atoms with E-state index in [4.69, 9.17) is 9.47 Å². The average molecular weight is 445 g/mol. The predicted molar refractivity (Wildman–Crippen MR) is 122 cm³/mol. The normalized spacial score (nSPS) is 19.8. The first-order valence-corrected chi connectivity index (χ1v) is 10.8. The largest absolute Gasteiger partial charge is 0.490 e. The number of carbonyl (C=O) groups is 3. The third-order valence-corrected chi connectivity index (χ3v) is 5.97. The lowest BCUT2D eigenvalue weighted by Crippen LogP contribution is -2.42. The quantitative estimate of drug-likeness (QED) is 0.600. The molecule has 0 spiro atoms. The molecule has 0 bridgehead atoms. The summed E-state index contributed by atoms with van der Waals surface area (Å²) in [4.78, 5) is 39.6. The highest BCUT2D eigenvalue weighted by Crippen LogP contribution is 2.36. The van der Waals surface area contributed by atoms with Gasteiger partial charge in [0, 0.05) is 17.5 Å². The Kier molecular flexibility index (Phi) is 5.12. The number of benzene rings is 3. The van der Waals surface area contributed by atoms with Crippen LogP contribution in [0.2, 0.25) is 0 Å². The number of carbonyl (C=O) groups excluding carboxylic acids is 3. The van der Waals surface area contributed by atoms with Crippen LogP contribution < -0.4 is 20.1 Å². The molecule has 2 N–H and O–H groups in total. The fourth-order valence-corrected chi connectivity index (χ4v) is 4.18. The number of nitrogens with zero attached hydrogens (tertiary/aromatic N) is 1. The number of nitrogens with one attached hydrogen (secondary N) is 2. The molecular weight excluding hydrogens is 422 g/mol. The van der Waals surface area contributed by atoms with Gasteiger partial charge in [-0.15, -0.1) is 0 Å². The minimum absolute atomic E-state index is 0.395. The van der Waals surface area contributed by atoms with Crippen LogP contribution in [0.1, 0.15) is 18.9 Å².